The van der Waals surface area contributed by atoms with Crippen molar-refractivity contribution < 1.29 is 29.3 Å². The van der Waals surface area contributed by atoms with Crippen molar-refractivity contribution in [3.05, 3.63) is 17.3 Å². The lowest BCUT2D eigenvalue weighted by atomic mass is 10.1. The van der Waals surface area contributed by atoms with Crippen molar-refractivity contribution in [2.45, 2.75) is 90.9 Å². The first kappa shape index (κ1) is 26.4. The summed E-state index contributed by atoms with van der Waals surface area (Å²) in [5.74, 6) is -0.826. The van der Waals surface area contributed by atoms with Gasteiger partial charge in [-0.2, -0.15) is 0 Å². The zero-order valence-corrected chi connectivity index (χ0v) is 18.7. The van der Waals surface area contributed by atoms with Gasteiger partial charge in [-0.05, 0) is 44.7 Å². The molecule has 0 aliphatic carbocycles. The van der Waals surface area contributed by atoms with Gasteiger partial charge in [0.25, 0.3) is 0 Å². The molecule has 8 nitrogen and oxygen atoms in total. The van der Waals surface area contributed by atoms with Crippen LogP contribution in [0, 0.1) is 13.8 Å². The number of nitrogens with zero attached hydrogens (tertiary/aromatic N) is 1. The van der Waals surface area contributed by atoms with E-state index in [0.29, 0.717) is 24.4 Å². The van der Waals surface area contributed by atoms with Gasteiger partial charge in [0.1, 0.15) is 0 Å². The molecule has 0 atom stereocenters. The topological polar surface area (TPSA) is 126 Å². The monoisotopic (exact) mass is 436 g/mol. The van der Waals surface area contributed by atoms with Crippen molar-refractivity contribution in [2.24, 2.45) is 0 Å². The highest BCUT2D eigenvalue weighted by atomic mass is 16.5. The third-order valence-corrected chi connectivity index (χ3v) is 4.87. The van der Waals surface area contributed by atoms with Crippen LogP contribution in [0.15, 0.2) is 6.07 Å². The zero-order valence-electron chi connectivity index (χ0n) is 18.7. The summed E-state index contributed by atoms with van der Waals surface area (Å²) in [6.07, 6.45) is 8.86. The van der Waals surface area contributed by atoms with Crippen molar-refractivity contribution in [2.75, 3.05) is 11.9 Å². The highest BCUT2D eigenvalue weighted by Gasteiger charge is 2.13. The second kappa shape index (κ2) is 15.2. The molecule has 0 aromatic carbocycles. The number of aliphatic carboxylic acids is 2. The fraction of sp³-hybridized carbons (Fsp3) is 0.652. The molecular formula is C23H36N2O6. The zero-order chi connectivity index (χ0) is 23.1. The molecule has 1 heterocycles. The van der Waals surface area contributed by atoms with Gasteiger partial charge in [0, 0.05) is 25.0 Å². The summed E-state index contributed by atoms with van der Waals surface area (Å²) < 4.78 is 5.71. The molecule has 0 bridgehead atoms. The van der Waals surface area contributed by atoms with Crippen LogP contribution in [0.4, 0.5) is 5.82 Å². The lowest BCUT2D eigenvalue weighted by Gasteiger charge is -2.15. The SMILES string of the molecule is Cc1cc(C)c(OCCCC(=O)O)c(NC(=O)CCCCCCCCCCC(=O)O)n1. The molecule has 3 N–H and O–H groups in total. The van der Waals surface area contributed by atoms with Crippen molar-refractivity contribution in [3.8, 4) is 5.75 Å². The molecule has 0 spiro atoms. The Kier molecular flexibility index (Phi) is 12.9. The molecule has 8 heteroatoms. The largest absolute Gasteiger partial charge is 0.489 e. The van der Waals surface area contributed by atoms with E-state index >= 15 is 0 Å². The van der Waals surface area contributed by atoms with Crippen LogP contribution in [0.1, 0.15) is 88.3 Å². The number of amides is 1. The van der Waals surface area contributed by atoms with Crippen LogP contribution >= 0.6 is 0 Å². The molecule has 0 aliphatic heterocycles. The van der Waals surface area contributed by atoms with Gasteiger partial charge in [0.2, 0.25) is 5.91 Å². The second-order valence-corrected chi connectivity index (χ2v) is 7.87. The van der Waals surface area contributed by atoms with Crippen molar-refractivity contribution in [1.82, 2.24) is 4.98 Å². The van der Waals surface area contributed by atoms with Crippen LogP contribution in [-0.4, -0.2) is 39.6 Å². The number of unbranched alkanes of at least 4 members (excludes halogenated alkanes) is 7. The number of aromatic nitrogens is 1. The molecule has 1 rings (SSSR count). The van der Waals surface area contributed by atoms with Gasteiger partial charge in [-0.15, -0.1) is 0 Å². The summed E-state index contributed by atoms with van der Waals surface area (Å²) in [5, 5.41) is 20.2. The Labute approximate surface area is 184 Å². The van der Waals surface area contributed by atoms with E-state index in [1.54, 1.807) is 0 Å². The standard InChI is InChI=1S/C23H36N2O6/c1-17-16-18(2)24-23(22(17)31-15-11-14-21(29)30)25-19(26)12-9-7-5-3-4-6-8-10-13-20(27)28/h16H,3-15H2,1-2H3,(H,27,28)(H,29,30)(H,24,25,26). The van der Waals surface area contributed by atoms with Crippen LogP contribution in [-0.2, 0) is 14.4 Å². The Morgan fingerprint density at radius 1 is 0.839 bits per heavy atom. The van der Waals surface area contributed by atoms with Gasteiger partial charge in [0.15, 0.2) is 11.6 Å². The normalized spacial score (nSPS) is 10.6. The summed E-state index contributed by atoms with van der Waals surface area (Å²) in [7, 11) is 0. The predicted octanol–water partition coefficient (Wildman–Crippen LogP) is 4.87. The van der Waals surface area contributed by atoms with Gasteiger partial charge in [-0.3, -0.25) is 14.4 Å². The van der Waals surface area contributed by atoms with E-state index in [9.17, 15) is 14.4 Å². The molecule has 1 aromatic rings. The summed E-state index contributed by atoms with van der Waals surface area (Å²) in [6, 6.07) is 1.86. The van der Waals surface area contributed by atoms with Gasteiger partial charge in [0.05, 0.1) is 6.61 Å². The first-order valence-corrected chi connectivity index (χ1v) is 11.1. The molecule has 0 radical (unpaired) electrons. The minimum absolute atomic E-state index is 0.0301. The predicted molar refractivity (Wildman–Crippen MR) is 119 cm³/mol. The van der Waals surface area contributed by atoms with Crippen LogP contribution < -0.4 is 10.1 Å². The molecule has 174 valence electrons. The van der Waals surface area contributed by atoms with Gasteiger partial charge >= 0.3 is 11.9 Å². The average Bonchev–Trinajstić information content (AvgIpc) is 2.67. The number of aryl methyl sites for hydroxylation is 2. The number of hydrogen-bond acceptors (Lipinski definition) is 5. The van der Waals surface area contributed by atoms with E-state index in [1.165, 1.54) is 0 Å². The van der Waals surface area contributed by atoms with Crippen molar-refractivity contribution in [1.29, 1.82) is 0 Å². The first-order chi connectivity index (χ1) is 14.8. The maximum Gasteiger partial charge on any atom is 0.303 e. The Morgan fingerprint density at radius 2 is 1.35 bits per heavy atom. The molecule has 0 saturated heterocycles. The second-order valence-electron chi connectivity index (χ2n) is 7.87. The smallest absolute Gasteiger partial charge is 0.303 e. The third kappa shape index (κ3) is 12.6. The quantitative estimate of drug-likeness (QED) is 0.297. The number of anilines is 1. The molecule has 1 amide bonds. The third-order valence-electron chi connectivity index (χ3n) is 4.87. The highest BCUT2D eigenvalue weighted by molar-refractivity contribution is 5.91. The van der Waals surface area contributed by atoms with E-state index in [-0.39, 0.29) is 25.4 Å². The number of ether oxygens (including phenoxy) is 1. The summed E-state index contributed by atoms with van der Waals surface area (Å²) in [6.45, 7) is 3.97. The van der Waals surface area contributed by atoms with E-state index in [4.69, 9.17) is 14.9 Å². The average molecular weight is 437 g/mol. The molecule has 0 aliphatic rings. The maximum atomic E-state index is 12.3. The van der Waals surface area contributed by atoms with E-state index in [1.807, 2.05) is 19.9 Å². The van der Waals surface area contributed by atoms with Gasteiger partial charge in [-0.1, -0.05) is 38.5 Å². The molecule has 0 unspecified atom stereocenters. The molecular weight excluding hydrogens is 400 g/mol. The molecule has 0 fully saturated rings. The van der Waals surface area contributed by atoms with Gasteiger partial charge in [-0.25, -0.2) is 4.98 Å². The Morgan fingerprint density at radius 3 is 1.94 bits per heavy atom. The summed E-state index contributed by atoms with van der Waals surface area (Å²) in [4.78, 5) is 37.8. The Bertz CT molecular complexity index is 720. The summed E-state index contributed by atoms with van der Waals surface area (Å²) in [5.41, 5.74) is 1.62. The molecule has 0 saturated carbocycles. The fourth-order valence-electron chi connectivity index (χ4n) is 3.31. The summed E-state index contributed by atoms with van der Waals surface area (Å²) >= 11 is 0. The molecule has 1 aromatic heterocycles. The Hall–Kier alpha value is -2.64. The Balaban J connectivity index is 2.31. The number of hydrogen-bond donors (Lipinski definition) is 3. The first-order valence-electron chi connectivity index (χ1n) is 11.1. The number of carboxylic acids is 2. The fourth-order valence-corrected chi connectivity index (χ4v) is 3.31. The number of pyridine rings is 1. The van der Waals surface area contributed by atoms with E-state index in [0.717, 1.165) is 62.6 Å². The van der Waals surface area contributed by atoms with E-state index < -0.39 is 11.9 Å². The lowest BCUT2D eigenvalue weighted by molar-refractivity contribution is -0.138. The number of carbonyl (C=O) groups excluding carboxylic acids is 1. The lowest BCUT2D eigenvalue weighted by Crippen LogP contribution is -2.15. The minimum Gasteiger partial charge on any atom is -0.489 e. The van der Waals surface area contributed by atoms with Crippen molar-refractivity contribution in [3.63, 3.8) is 0 Å². The minimum atomic E-state index is -0.867. The van der Waals surface area contributed by atoms with E-state index in [2.05, 4.69) is 10.3 Å². The number of rotatable bonds is 17. The van der Waals surface area contributed by atoms with Crippen LogP contribution in [0.5, 0.6) is 5.75 Å². The number of carbonyl (C=O) groups is 3. The highest BCUT2D eigenvalue weighted by Crippen LogP contribution is 2.28. The van der Waals surface area contributed by atoms with Crippen LogP contribution in [0.3, 0.4) is 0 Å². The number of nitrogens with one attached hydrogen (secondary N) is 1. The van der Waals surface area contributed by atoms with Crippen molar-refractivity contribution >= 4 is 23.7 Å². The molecule has 31 heavy (non-hydrogen) atoms. The maximum absolute atomic E-state index is 12.3. The van der Waals surface area contributed by atoms with Crippen LogP contribution in [0.25, 0.3) is 0 Å². The van der Waals surface area contributed by atoms with Crippen LogP contribution in [0.2, 0.25) is 0 Å². The number of carboxylic acid groups (broad SMARTS) is 2. The van der Waals surface area contributed by atoms with Gasteiger partial charge < -0.3 is 20.3 Å².